The van der Waals surface area contributed by atoms with Gasteiger partial charge >= 0.3 is 0 Å². The average Bonchev–Trinajstić information content (AvgIpc) is 2.94. The van der Waals surface area contributed by atoms with E-state index in [9.17, 15) is 8.42 Å². The van der Waals surface area contributed by atoms with Gasteiger partial charge in [0.2, 0.25) is 0 Å². The molecule has 0 aliphatic carbocycles. The highest BCUT2D eigenvalue weighted by Gasteiger charge is 2.25. The smallest absolute Gasteiger partial charge is 0.267 e. The molecule has 1 fully saturated rings. The summed E-state index contributed by atoms with van der Waals surface area (Å²) in [5, 5.41) is 3.70. The molecule has 3 rings (SSSR count). The Morgan fingerprint density at radius 3 is 2.60 bits per heavy atom. The van der Waals surface area contributed by atoms with Crippen molar-refractivity contribution in [3.63, 3.8) is 0 Å². The van der Waals surface area contributed by atoms with Crippen LogP contribution in [0.5, 0.6) is 0 Å². The van der Waals surface area contributed by atoms with Crippen molar-refractivity contribution in [2.75, 3.05) is 31.0 Å². The molecule has 0 amide bonds. The van der Waals surface area contributed by atoms with E-state index in [-0.39, 0.29) is 16.8 Å². The Bertz CT molecular complexity index is 811. The normalized spacial score (nSPS) is 19.1. The lowest BCUT2D eigenvalue weighted by Gasteiger charge is -2.32. The minimum absolute atomic E-state index is 0.0157. The van der Waals surface area contributed by atoms with Gasteiger partial charge in [-0.1, -0.05) is 24.2 Å². The van der Waals surface area contributed by atoms with Gasteiger partial charge in [0.25, 0.3) is 10.0 Å². The second kappa shape index (κ2) is 7.15. The van der Waals surface area contributed by atoms with Gasteiger partial charge in [-0.25, -0.2) is 8.42 Å². The molecule has 8 heteroatoms. The molecular weight excluding hydrogens is 342 g/mol. The lowest BCUT2D eigenvalue weighted by Crippen LogP contribution is -2.38. The molecule has 2 heterocycles. The number of hydrogen-bond acceptors (Lipinski definition) is 6. The van der Waals surface area contributed by atoms with Crippen molar-refractivity contribution in [3.8, 4) is 0 Å². The molecular formula is C17H23N3O4S. The number of aromatic nitrogens is 1. The van der Waals surface area contributed by atoms with E-state index >= 15 is 0 Å². The van der Waals surface area contributed by atoms with E-state index in [4.69, 9.17) is 9.26 Å². The number of benzene rings is 1. The summed E-state index contributed by atoms with van der Waals surface area (Å²) in [6.07, 6.45) is 0.0157. The monoisotopic (exact) mass is 365 g/mol. The number of aryl methyl sites for hydroxylation is 2. The molecule has 1 aliphatic rings. The summed E-state index contributed by atoms with van der Waals surface area (Å²) in [5.41, 5.74) is 1.88. The lowest BCUT2D eigenvalue weighted by atomic mass is 10.1. The summed E-state index contributed by atoms with van der Waals surface area (Å²) in [4.78, 5) is 2.42. The molecule has 1 N–H and O–H groups in total. The van der Waals surface area contributed by atoms with Crippen LogP contribution in [0.2, 0.25) is 0 Å². The zero-order valence-electron chi connectivity index (χ0n) is 14.7. The molecule has 136 valence electrons. The fraction of sp³-hybridized carbons (Fsp3) is 0.471. The summed E-state index contributed by atoms with van der Waals surface area (Å²) >= 11 is 0. The standard InChI is InChI=1S/C17H23N3O4S/c1-4-20-9-10-23-16(11-20)14-5-7-15(8-6-14)19-25(21,22)17-12(2)18-24-13(17)3/h5-8,16,19H,4,9-11H2,1-3H3. The minimum atomic E-state index is -3.73. The van der Waals surface area contributed by atoms with Gasteiger partial charge in [0.1, 0.15) is 5.69 Å². The first-order valence-corrected chi connectivity index (χ1v) is 9.78. The van der Waals surface area contributed by atoms with Crippen LogP contribution in [0.4, 0.5) is 5.69 Å². The van der Waals surface area contributed by atoms with Crippen LogP contribution in [0.3, 0.4) is 0 Å². The van der Waals surface area contributed by atoms with Crippen molar-refractivity contribution in [2.45, 2.75) is 31.8 Å². The van der Waals surface area contributed by atoms with E-state index in [0.29, 0.717) is 18.0 Å². The minimum Gasteiger partial charge on any atom is -0.371 e. The van der Waals surface area contributed by atoms with Crippen molar-refractivity contribution < 1.29 is 17.7 Å². The number of anilines is 1. The van der Waals surface area contributed by atoms with Crippen LogP contribution >= 0.6 is 0 Å². The molecule has 0 bridgehead atoms. The first-order chi connectivity index (χ1) is 11.9. The van der Waals surface area contributed by atoms with Crippen molar-refractivity contribution in [2.24, 2.45) is 0 Å². The molecule has 1 unspecified atom stereocenters. The first kappa shape index (κ1) is 17.9. The predicted octanol–water partition coefficient (Wildman–Crippen LogP) is 2.49. The number of morpholine rings is 1. The molecule has 0 saturated carbocycles. The SMILES string of the molecule is CCN1CCOC(c2ccc(NS(=O)(=O)c3c(C)noc3C)cc2)C1. The molecule has 2 aromatic rings. The number of rotatable bonds is 5. The molecule has 1 saturated heterocycles. The number of nitrogens with zero attached hydrogens (tertiary/aromatic N) is 2. The van der Waals surface area contributed by atoms with Gasteiger partial charge in [0, 0.05) is 18.8 Å². The van der Waals surface area contributed by atoms with Crippen LogP contribution in [-0.2, 0) is 14.8 Å². The zero-order valence-corrected chi connectivity index (χ0v) is 15.5. The highest BCUT2D eigenvalue weighted by atomic mass is 32.2. The third-order valence-electron chi connectivity index (χ3n) is 4.37. The van der Waals surface area contributed by atoms with Crippen LogP contribution in [0, 0.1) is 13.8 Å². The quantitative estimate of drug-likeness (QED) is 0.876. The molecule has 1 aromatic heterocycles. The van der Waals surface area contributed by atoms with Crippen molar-refractivity contribution in [1.29, 1.82) is 0 Å². The Hall–Kier alpha value is -1.90. The van der Waals surface area contributed by atoms with Crippen LogP contribution in [0.15, 0.2) is 33.7 Å². The molecule has 1 aromatic carbocycles. The lowest BCUT2D eigenvalue weighted by molar-refractivity contribution is -0.0281. The molecule has 7 nitrogen and oxygen atoms in total. The molecule has 0 radical (unpaired) electrons. The van der Waals surface area contributed by atoms with Crippen molar-refractivity contribution in [1.82, 2.24) is 10.1 Å². The summed E-state index contributed by atoms with van der Waals surface area (Å²) < 4.78 is 38.4. The van der Waals surface area contributed by atoms with E-state index in [2.05, 4.69) is 21.7 Å². The van der Waals surface area contributed by atoms with Crippen molar-refractivity contribution in [3.05, 3.63) is 41.3 Å². The van der Waals surface area contributed by atoms with Gasteiger partial charge in [-0.3, -0.25) is 9.62 Å². The van der Waals surface area contributed by atoms with E-state index in [1.165, 1.54) is 0 Å². The average molecular weight is 365 g/mol. The summed E-state index contributed by atoms with van der Waals surface area (Å²) in [6.45, 7) is 8.82. The highest BCUT2D eigenvalue weighted by molar-refractivity contribution is 7.92. The van der Waals surface area contributed by atoms with E-state index in [1.807, 2.05) is 12.1 Å². The maximum atomic E-state index is 12.5. The second-order valence-electron chi connectivity index (χ2n) is 6.13. The van der Waals surface area contributed by atoms with Gasteiger partial charge in [-0.15, -0.1) is 0 Å². The van der Waals surface area contributed by atoms with Gasteiger partial charge in [-0.2, -0.15) is 0 Å². The molecule has 1 aliphatic heterocycles. The highest BCUT2D eigenvalue weighted by Crippen LogP contribution is 2.26. The fourth-order valence-corrected chi connectivity index (χ4v) is 4.41. The second-order valence-corrected chi connectivity index (χ2v) is 7.75. The van der Waals surface area contributed by atoms with Crippen LogP contribution in [-0.4, -0.2) is 44.7 Å². The topological polar surface area (TPSA) is 84.7 Å². The summed E-state index contributed by atoms with van der Waals surface area (Å²) in [7, 11) is -3.73. The Morgan fingerprint density at radius 1 is 1.28 bits per heavy atom. The van der Waals surface area contributed by atoms with Crippen LogP contribution in [0.25, 0.3) is 0 Å². The van der Waals surface area contributed by atoms with E-state index < -0.39 is 10.0 Å². The Labute approximate surface area is 148 Å². The van der Waals surface area contributed by atoms with E-state index in [1.54, 1.807) is 26.0 Å². The Morgan fingerprint density at radius 2 is 2.00 bits per heavy atom. The number of likely N-dealkylation sites (N-methyl/N-ethyl adjacent to an activating group) is 1. The molecule has 0 spiro atoms. The van der Waals surface area contributed by atoms with Gasteiger partial charge in [0.05, 0.1) is 12.7 Å². The third kappa shape index (κ3) is 3.86. The number of ether oxygens (including phenoxy) is 1. The third-order valence-corrected chi connectivity index (χ3v) is 5.99. The number of sulfonamides is 1. The fourth-order valence-electron chi connectivity index (χ4n) is 3.02. The molecule has 25 heavy (non-hydrogen) atoms. The number of nitrogens with one attached hydrogen (secondary N) is 1. The number of hydrogen-bond donors (Lipinski definition) is 1. The first-order valence-electron chi connectivity index (χ1n) is 8.30. The predicted molar refractivity (Wildman–Crippen MR) is 94.0 cm³/mol. The summed E-state index contributed by atoms with van der Waals surface area (Å²) in [5.74, 6) is 0.275. The largest absolute Gasteiger partial charge is 0.371 e. The van der Waals surface area contributed by atoms with Crippen LogP contribution in [0.1, 0.15) is 30.0 Å². The summed E-state index contributed by atoms with van der Waals surface area (Å²) in [6, 6.07) is 7.29. The maximum absolute atomic E-state index is 12.5. The van der Waals surface area contributed by atoms with Gasteiger partial charge < -0.3 is 9.26 Å². The van der Waals surface area contributed by atoms with E-state index in [0.717, 1.165) is 25.2 Å². The Kier molecular flexibility index (Phi) is 5.12. The van der Waals surface area contributed by atoms with Crippen LogP contribution < -0.4 is 4.72 Å². The zero-order chi connectivity index (χ0) is 18.0. The van der Waals surface area contributed by atoms with Crippen molar-refractivity contribution >= 4 is 15.7 Å². The maximum Gasteiger partial charge on any atom is 0.267 e. The van der Waals surface area contributed by atoms with Gasteiger partial charge in [0.15, 0.2) is 10.7 Å². The van der Waals surface area contributed by atoms with Gasteiger partial charge in [-0.05, 0) is 38.1 Å². The Balaban J connectivity index is 1.75. The molecule has 1 atom stereocenters.